The average Bonchev–Trinajstić information content (AvgIpc) is 2.49. The van der Waals surface area contributed by atoms with Gasteiger partial charge in [0.05, 0.1) is 6.61 Å². The molecule has 21 heavy (non-hydrogen) atoms. The van der Waals surface area contributed by atoms with E-state index in [-0.39, 0.29) is 5.97 Å². The molecule has 0 N–H and O–H groups in total. The van der Waals surface area contributed by atoms with E-state index in [4.69, 9.17) is 4.74 Å². The first kappa shape index (κ1) is 16.5. The van der Waals surface area contributed by atoms with Crippen molar-refractivity contribution in [2.75, 3.05) is 26.2 Å². The summed E-state index contributed by atoms with van der Waals surface area (Å²) in [6.45, 7) is 5.60. The van der Waals surface area contributed by atoms with E-state index >= 15 is 0 Å². The summed E-state index contributed by atoms with van der Waals surface area (Å²) in [5.41, 5.74) is 1.45. The quantitative estimate of drug-likeness (QED) is 0.724. The minimum Gasteiger partial charge on any atom is -0.466 e. The lowest BCUT2D eigenvalue weighted by molar-refractivity contribution is -0.143. The van der Waals surface area contributed by atoms with Crippen LogP contribution in [0, 0.1) is 0 Å². The molecule has 0 spiro atoms. The van der Waals surface area contributed by atoms with Crippen molar-refractivity contribution in [2.45, 2.75) is 38.5 Å². The van der Waals surface area contributed by atoms with Gasteiger partial charge >= 0.3 is 5.97 Å². The molecule has 1 aromatic carbocycles. The van der Waals surface area contributed by atoms with Gasteiger partial charge < -0.3 is 9.64 Å². The van der Waals surface area contributed by atoms with Crippen molar-refractivity contribution in [3.8, 4) is 0 Å². The molecule has 0 bridgehead atoms. The summed E-state index contributed by atoms with van der Waals surface area (Å²) in [4.78, 5) is 13.8. The molecule has 3 nitrogen and oxygen atoms in total. The second-order valence-electron chi connectivity index (χ2n) is 5.58. The van der Waals surface area contributed by atoms with Crippen LogP contribution >= 0.6 is 15.9 Å². The van der Waals surface area contributed by atoms with E-state index < -0.39 is 0 Å². The Morgan fingerprint density at radius 2 is 1.95 bits per heavy atom. The maximum Gasteiger partial charge on any atom is 0.305 e. The SMILES string of the molecule is CCOC(=O)CCCN1CCC(c2ccc(Br)cc2)CC1. The van der Waals surface area contributed by atoms with Gasteiger partial charge in [-0.15, -0.1) is 0 Å². The molecule has 0 unspecified atom stereocenters. The zero-order valence-corrected chi connectivity index (χ0v) is 14.3. The molecule has 0 saturated carbocycles. The maximum atomic E-state index is 11.3. The van der Waals surface area contributed by atoms with Gasteiger partial charge in [0, 0.05) is 10.9 Å². The highest BCUT2D eigenvalue weighted by molar-refractivity contribution is 9.10. The van der Waals surface area contributed by atoms with Gasteiger partial charge in [0.2, 0.25) is 0 Å². The summed E-state index contributed by atoms with van der Waals surface area (Å²) in [5.74, 6) is 0.613. The topological polar surface area (TPSA) is 29.5 Å². The smallest absolute Gasteiger partial charge is 0.305 e. The molecule has 4 heteroatoms. The van der Waals surface area contributed by atoms with E-state index in [1.807, 2.05) is 6.92 Å². The van der Waals surface area contributed by atoms with Crippen LogP contribution < -0.4 is 0 Å². The molecule has 2 rings (SSSR count). The van der Waals surface area contributed by atoms with Crippen molar-refractivity contribution in [1.29, 1.82) is 0 Å². The van der Waals surface area contributed by atoms with E-state index in [0.29, 0.717) is 18.9 Å². The lowest BCUT2D eigenvalue weighted by Gasteiger charge is -2.32. The number of carbonyl (C=O) groups is 1. The number of piperidine rings is 1. The van der Waals surface area contributed by atoms with E-state index in [1.165, 1.54) is 18.4 Å². The van der Waals surface area contributed by atoms with Crippen molar-refractivity contribution < 1.29 is 9.53 Å². The number of likely N-dealkylation sites (tertiary alicyclic amines) is 1. The molecule has 1 aromatic rings. The molecular weight excluding hydrogens is 330 g/mol. The summed E-state index contributed by atoms with van der Waals surface area (Å²) in [5, 5.41) is 0. The van der Waals surface area contributed by atoms with Crippen LogP contribution in [-0.4, -0.2) is 37.1 Å². The summed E-state index contributed by atoms with van der Waals surface area (Å²) < 4.78 is 6.10. The number of nitrogens with zero attached hydrogens (tertiary/aromatic N) is 1. The Labute approximate surface area is 135 Å². The van der Waals surface area contributed by atoms with Crippen molar-refractivity contribution in [2.24, 2.45) is 0 Å². The molecule has 1 saturated heterocycles. The minimum absolute atomic E-state index is 0.0674. The molecule has 0 atom stereocenters. The van der Waals surface area contributed by atoms with Gasteiger partial charge in [-0.1, -0.05) is 28.1 Å². The van der Waals surface area contributed by atoms with Crippen LogP contribution in [0.4, 0.5) is 0 Å². The Balaban J connectivity index is 1.68. The van der Waals surface area contributed by atoms with Crippen LogP contribution in [0.3, 0.4) is 0 Å². The Morgan fingerprint density at radius 3 is 2.57 bits per heavy atom. The lowest BCUT2D eigenvalue weighted by Crippen LogP contribution is -2.33. The fourth-order valence-corrected chi connectivity index (χ4v) is 3.17. The average molecular weight is 354 g/mol. The van der Waals surface area contributed by atoms with E-state index in [1.54, 1.807) is 0 Å². The Bertz CT molecular complexity index is 439. The fourth-order valence-electron chi connectivity index (χ4n) is 2.91. The molecule has 0 amide bonds. The number of carbonyl (C=O) groups excluding carboxylic acids is 1. The number of esters is 1. The molecular formula is C17H24BrNO2. The molecule has 1 aliphatic heterocycles. The molecule has 116 valence electrons. The standard InChI is InChI=1S/C17H24BrNO2/c1-2-21-17(20)4-3-11-19-12-9-15(10-13-19)14-5-7-16(18)8-6-14/h5-8,15H,2-4,9-13H2,1H3. The van der Waals surface area contributed by atoms with Gasteiger partial charge in [-0.25, -0.2) is 0 Å². The van der Waals surface area contributed by atoms with E-state index in [0.717, 1.165) is 30.5 Å². The highest BCUT2D eigenvalue weighted by atomic mass is 79.9. The van der Waals surface area contributed by atoms with Crippen LogP contribution in [0.5, 0.6) is 0 Å². The molecule has 1 aliphatic rings. The second kappa shape index (κ2) is 8.54. The molecule has 1 heterocycles. The van der Waals surface area contributed by atoms with Crippen molar-refractivity contribution in [1.82, 2.24) is 4.90 Å². The predicted molar refractivity (Wildman–Crippen MR) is 88.4 cm³/mol. The van der Waals surface area contributed by atoms with Gasteiger partial charge in [-0.3, -0.25) is 4.79 Å². The predicted octanol–water partition coefficient (Wildman–Crippen LogP) is 3.97. The first-order chi connectivity index (χ1) is 10.2. The van der Waals surface area contributed by atoms with Gasteiger partial charge in [-0.05, 0) is 69.4 Å². The number of hydrogen-bond donors (Lipinski definition) is 0. The maximum absolute atomic E-state index is 11.3. The number of hydrogen-bond acceptors (Lipinski definition) is 3. The van der Waals surface area contributed by atoms with Crippen LogP contribution in [-0.2, 0) is 9.53 Å². The Kier molecular flexibility index (Phi) is 6.71. The van der Waals surface area contributed by atoms with E-state index in [9.17, 15) is 4.79 Å². The number of benzene rings is 1. The van der Waals surface area contributed by atoms with Crippen LogP contribution in [0.1, 0.15) is 44.1 Å². The van der Waals surface area contributed by atoms with Crippen LogP contribution in [0.15, 0.2) is 28.7 Å². The number of halogens is 1. The van der Waals surface area contributed by atoms with Gasteiger partial charge in [0.1, 0.15) is 0 Å². The zero-order chi connectivity index (χ0) is 15.1. The monoisotopic (exact) mass is 353 g/mol. The third-order valence-electron chi connectivity index (χ3n) is 4.09. The van der Waals surface area contributed by atoms with Gasteiger partial charge in [0.25, 0.3) is 0 Å². The largest absolute Gasteiger partial charge is 0.466 e. The fraction of sp³-hybridized carbons (Fsp3) is 0.588. The lowest BCUT2D eigenvalue weighted by atomic mass is 9.89. The highest BCUT2D eigenvalue weighted by Crippen LogP contribution is 2.28. The number of rotatable bonds is 6. The molecule has 0 radical (unpaired) electrons. The summed E-state index contributed by atoms with van der Waals surface area (Å²) in [6, 6.07) is 8.71. The minimum atomic E-state index is -0.0674. The van der Waals surface area contributed by atoms with Crippen molar-refractivity contribution in [3.05, 3.63) is 34.3 Å². The Morgan fingerprint density at radius 1 is 1.29 bits per heavy atom. The molecule has 1 fully saturated rings. The first-order valence-electron chi connectivity index (χ1n) is 7.82. The third-order valence-corrected chi connectivity index (χ3v) is 4.62. The Hall–Kier alpha value is -0.870. The van der Waals surface area contributed by atoms with Gasteiger partial charge in [-0.2, -0.15) is 0 Å². The normalized spacial score (nSPS) is 16.9. The third kappa shape index (κ3) is 5.44. The van der Waals surface area contributed by atoms with E-state index in [2.05, 4.69) is 45.1 Å². The zero-order valence-electron chi connectivity index (χ0n) is 12.7. The molecule has 0 aromatic heterocycles. The first-order valence-corrected chi connectivity index (χ1v) is 8.61. The second-order valence-corrected chi connectivity index (χ2v) is 6.49. The van der Waals surface area contributed by atoms with Crippen molar-refractivity contribution in [3.63, 3.8) is 0 Å². The molecule has 0 aliphatic carbocycles. The van der Waals surface area contributed by atoms with Crippen molar-refractivity contribution >= 4 is 21.9 Å². The highest BCUT2D eigenvalue weighted by Gasteiger charge is 2.20. The summed E-state index contributed by atoms with van der Waals surface area (Å²) >= 11 is 3.48. The van der Waals surface area contributed by atoms with Gasteiger partial charge in [0.15, 0.2) is 0 Å². The summed E-state index contributed by atoms with van der Waals surface area (Å²) in [6.07, 6.45) is 3.87. The van der Waals surface area contributed by atoms with Crippen LogP contribution in [0.25, 0.3) is 0 Å². The van der Waals surface area contributed by atoms with Crippen LogP contribution in [0.2, 0.25) is 0 Å². The number of ether oxygens (including phenoxy) is 1. The summed E-state index contributed by atoms with van der Waals surface area (Å²) in [7, 11) is 0.